The molecule has 2 aromatic rings. The lowest BCUT2D eigenvalue weighted by atomic mass is 10.1. The van der Waals surface area contributed by atoms with Gasteiger partial charge in [0.05, 0.1) is 6.61 Å². The van der Waals surface area contributed by atoms with Gasteiger partial charge in [-0.1, -0.05) is 28.1 Å². The maximum atomic E-state index is 8.89. The molecule has 16 heavy (non-hydrogen) atoms. The van der Waals surface area contributed by atoms with Crippen molar-refractivity contribution < 1.29 is 5.11 Å². The second-order valence-electron chi connectivity index (χ2n) is 3.54. The van der Waals surface area contributed by atoms with Crippen LogP contribution >= 0.6 is 15.9 Å². The van der Waals surface area contributed by atoms with Crippen molar-refractivity contribution in [3.05, 3.63) is 46.2 Å². The van der Waals surface area contributed by atoms with Crippen LogP contribution in [0.15, 0.2) is 35.1 Å². The van der Waals surface area contributed by atoms with Crippen molar-refractivity contribution in [2.24, 2.45) is 0 Å². The Labute approximate surface area is 102 Å². The quantitative estimate of drug-likeness (QED) is 0.919. The van der Waals surface area contributed by atoms with Gasteiger partial charge in [0.15, 0.2) is 5.82 Å². The normalized spacial score (nSPS) is 10.4. The van der Waals surface area contributed by atoms with Crippen molar-refractivity contribution in [2.75, 3.05) is 0 Å². The first-order valence-electron chi connectivity index (χ1n) is 4.89. The molecule has 0 aliphatic heterocycles. The number of halogens is 1. The molecule has 1 aromatic carbocycles. The Kier molecular flexibility index (Phi) is 3.31. The maximum absolute atomic E-state index is 8.89. The van der Waals surface area contributed by atoms with Gasteiger partial charge >= 0.3 is 0 Å². The van der Waals surface area contributed by atoms with E-state index >= 15 is 0 Å². The molecular formula is C12H11BrN2O. The third kappa shape index (κ3) is 2.28. The van der Waals surface area contributed by atoms with Crippen LogP contribution in [-0.2, 0) is 6.61 Å². The summed E-state index contributed by atoms with van der Waals surface area (Å²) in [6.45, 7) is 2.00. The number of rotatable bonds is 2. The van der Waals surface area contributed by atoms with Gasteiger partial charge < -0.3 is 5.11 Å². The second-order valence-corrected chi connectivity index (χ2v) is 4.39. The highest BCUT2D eigenvalue weighted by Crippen LogP contribution is 2.22. The Bertz CT molecular complexity index is 497. The predicted molar refractivity (Wildman–Crippen MR) is 65.8 cm³/mol. The Morgan fingerprint density at radius 1 is 1.25 bits per heavy atom. The number of aromatic nitrogens is 2. The summed E-state index contributed by atoms with van der Waals surface area (Å²) in [4.78, 5) is 8.40. The van der Waals surface area contributed by atoms with Gasteiger partial charge in [0.1, 0.15) is 0 Å². The first kappa shape index (κ1) is 11.2. The van der Waals surface area contributed by atoms with E-state index in [1.807, 2.05) is 25.1 Å². The molecule has 3 nitrogen and oxygen atoms in total. The Balaban J connectivity index is 2.38. The van der Waals surface area contributed by atoms with E-state index in [1.54, 1.807) is 12.4 Å². The van der Waals surface area contributed by atoms with Crippen molar-refractivity contribution in [3.63, 3.8) is 0 Å². The van der Waals surface area contributed by atoms with E-state index in [-0.39, 0.29) is 6.61 Å². The summed E-state index contributed by atoms with van der Waals surface area (Å²) < 4.78 is 1.04. The first-order chi connectivity index (χ1) is 7.70. The molecule has 4 heteroatoms. The highest BCUT2D eigenvalue weighted by atomic mass is 79.9. The summed E-state index contributed by atoms with van der Waals surface area (Å²) in [5.74, 6) is 0.665. The summed E-state index contributed by atoms with van der Waals surface area (Å²) >= 11 is 3.48. The zero-order valence-corrected chi connectivity index (χ0v) is 10.4. The van der Waals surface area contributed by atoms with Crippen LogP contribution in [-0.4, -0.2) is 15.1 Å². The minimum atomic E-state index is -0.0299. The Hall–Kier alpha value is -1.26. The third-order valence-electron chi connectivity index (χ3n) is 2.32. The number of hydrogen-bond donors (Lipinski definition) is 1. The van der Waals surface area contributed by atoms with Crippen molar-refractivity contribution in [3.8, 4) is 11.4 Å². The molecule has 0 bridgehead atoms. The van der Waals surface area contributed by atoms with E-state index < -0.39 is 0 Å². The fourth-order valence-corrected chi connectivity index (χ4v) is 1.70. The van der Waals surface area contributed by atoms with E-state index in [1.165, 1.54) is 5.56 Å². The van der Waals surface area contributed by atoms with Gasteiger partial charge in [0.2, 0.25) is 0 Å². The molecule has 1 N–H and O–H groups in total. The number of aryl methyl sites for hydroxylation is 1. The van der Waals surface area contributed by atoms with Crippen LogP contribution in [0.4, 0.5) is 0 Å². The van der Waals surface area contributed by atoms with Crippen molar-refractivity contribution in [1.82, 2.24) is 9.97 Å². The lowest BCUT2D eigenvalue weighted by molar-refractivity contribution is 0.281. The zero-order valence-electron chi connectivity index (χ0n) is 8.81. The van der Waals surface area contributed by atoms with Gasteiger partial charge in [-0.25, -0.2) is 9.97 Å². The van der Waals surface area contributed by atoms with Crippen LogP contribution in [0.2, 0.25) is 0 Å². The average molecular weight is 279 g/mol. The first-order valence-corrected chi connectivity index (χ1v) is 5.68. The van der Waals surface area contributed by atoms with Crippen molar-refractivity contribution >= 4 is 15.9 Å². The number of hydrogen-bond acceptors (Lipinski definition) is 3. The monoisotopic (exact) mass is 278 g/mol. The van der Waals surface area contributed by atoms with Crippen molar-refractivity contribution in [1.29, 1.82) is 0 Å². The van der Waals surface area contributed by atoms with E-state index in [4.69, 9.17) is 5.11 Å². The van der Waals surface area contributed by atoms with Crippen LogP contribution in [0.5, 0.6) is 0 Å². The van der Waals surface area contributed by atoms with Gasteiger partial charge in [0, 0.05) is 28.0 Å². The summed E-state index contributed by atoms with van der Waals surface area (Å²) in [5.41, 5.74) is 2.85. The average Bonchev–Trinajstić information content (AvgIpc) is 2.33. The van der Waals surface area contributed by atoms with Gasteiger partial charge in [-0.2, -0.15) is 0 Å². The van der Waals surface area contributed by atoms with E-state index in [9.17, 15) is 0 Å². The molecule has 1 aromatic heterocycles. The molecule has 0 amide bonds. The van der Waals surface area contributed by atoms with Gasteiger partial charge in [-0.05, 0) is 18.6 Å². The standard InChI is InChI=1S/C12H11BrN2O/c1-8-2-3-10(4-11(8)13)12-14-5-9(7-16)6-15-12/h2-6,16H,7H2,1H3. The maximum Gasteiger partial charge on any atom is 0.159 e. The Morgan fingerprint density at radius 2 is 1.94 bits per heavy atom. The van der Waals surface area contributed by atoms with E-state index in [0.717, 1.165) is 15.6 Å². The SMILES string of the molecule is Cc1ccc(-c2ncc(CO)cn2)cc1Br. The molecular weight excluding hydrogens is 268 g/mol. The zero-order chi connectivity index (χ0) is 11.5. The highest BCUT2D eigenvalue weighted by Gasteiger charge is 2.03. The fraction of sp³-hybridized carbons (Fsp3) is 0.167. The molecule has 0 saturated heterocycles. The summed E-state index contributed by atoms with van der Waals surface area (Å²) in [6.07, 6.45) is 3.27. The Morgan fingerprint density at radius 3 is 2.50 bits per heavy atom. The molecule has 2 rings (SSSR count). The molecule has 0 spiro atoms. The highest BCUT2D eigenvalue weighted by molar-refractivity contribution is 9.10. The van der Waals surface area contributed by atoms with Crippen LogP contribution in [0.25, 0.3) is 11.4 Å². The van der Waals surface area contributed by atoms with Crippen molar-refractivity contribution in [2.45, 2.75) is 13.5 Å². The number of aliphatic hydroxyl groups excluding tert-OH is 1. The number of nitrogens with zero attached hydrogens (tertiary/aromatic N) is 2. The van der Waals surface area contributed by atoms with Crippen LogP contribution in [0.1, 0.15) is 11.1 Å². The third-order valence-corrected chi connectivity index (χ3v) is 3.17. The summed E-state index contributed by atoms with van der Waals surface area (Å²) in [7, 11) is 0. The molecule has 0 atom stereocenters. The summed E-state index contributed by atoms with van der Waals surface area (Å²) in [5, 5.41) is 8.89. The fourth-order valence-electron chi connectivity index (χ4n) is 1.32. The molecule has 0 unspecified atom stereocenters. The molecule has 0 aliphatic carbocycles. The number of benzene rings is 1. The van der Waals surface area contributed by atoms with Gasteiger partial charge in [-0.3, -0.25) is 0 Å². The topological polar surface area (TPSA) is 46.0 Å². The largest absolute Gasteiger partial charge is 0.392 e. The smallest absolute Gasteiger partial charge is 0.159 e. The minimum Gasteiger partial charge on any atom is -0.392 e. The van der Waals surface area contributed by atoms with Gasteiger partial charge in [0.25, 0.3) is 0 Å². The molecule has 0 saturated carbocycles. The molecule has 0 radical (unpaired) electrons. The van der Waals surface area contributed by atoms with Gasteiger partial charge in [-0.15, -0.1) is 0 Å². The lowest BCUT2D eigenvalue weighted by Crippen LogP contribution is -1.92. The molecule has 82 valence electrons. The number of aliphatic hydroxyl groups is 1. The molecule has 0 aliphatic rings. The second kappa shape index (κ2) is 4.72. The van der Waals surface area contributed by atoms with E-state index in [2.05, 4.69) is 25.9 Å². The predicted octanol–water partition coefficient (Wildman–Crippen LogP) is 2.71. The van der Waals surface area contributed by atoms with Crippen LogP contribution in [0, 0.1) is 6.92 Å². The minimum absolute atomic E-state index is 0.0299. The van der Waals surface area contributed by atoms with Crippen LogP contribution < -0.4 is 0 Å². The molecule has 0 fully saturated rings. The van der Waals surface area contributed by atoms with E-state index in [0.29, 0.717) is 5.82 Å². The van der Waals surface area contributed by atoms with Crippen LogP contribution in [0.3, 0.4) is 0 Å². The lowest BCUT2D eigenvalue weighted by Gasteiger charge is -2.03. The molecule has 1 heterocycles. The summed E-state index contributed by atoms with van der Waals surface area (Å²) in [6, 6.07) is 5.99.